The predicted octanol–water partition coefficient (Wildman–Crippen LogP) is 3.75. The van der Waals surface area contributed by atoms with E-state index in [9.17, 15) is 4.79 Å². The molecule has 0 amide bonds. The highest BCUT2D eigenvalue weighted by Gasteiger charge is 2.20. The van der Waals surface area contributed by atoms with Crippen LogP contribution in [-0.4, -0.2) is 20.9 Å². The van der Waals surface area contributed by atoms with Crippen molar-refractivity contribution in [3.8, 4) is 5.75 Å². The van der Waals surface area contributed by atoms with Crippen LogP contribution in [0, 0.1) is 0 Å². The first kappa shape index (κ1) is 14.3. The van der Waals surface area contributed by atoms with Crippen LogP contribution in [0.2, 0.25) is 29.7 Å². The van der Waals surface area contributed by atoms with Gasteiger partial charge in [-0.1, -0.05) is 23.2 Å². The lowest BCUT2D eigenvalue weighted by molar-refractivity contribution is -0.137. The number of carbonyl (C=O) groups is 1. The van der Waals surface area contributed by atoms with Gasteiger partial charge in [0, 0.05) is 5.02 Å². The van der Waals surface area contributed by atoms with Gasteiger partial charge in [-0.2, -0.15) is 0 Å². The van der Waals surface area contributed by atoms with Gasteiger partial charge in [-0.25, -0.2) is 4.79 Å². The van der Waals surface area contributed by atoms with Gasteiger partial charge in [0.05, 0.1) is 5.02 Å². The molecule has 0 spiro atoms. The number of benzene rings is 1. The molecule has 0 unspecified atom stereocenters. The van der Waals surface area contributed by atoms with E-state index >= 15 is 0 Å². The lowest BCUT2D eigenvalue weighted by atomic mass is 10.3. The molecule has 1 aromatic carbocycles. The molecule has 0 aromatic heterocycles. The fourth-order valence-corrected chi connectivity index (χ4v) is 2.30. The van der Waals surface area contributed by atoms with Crippen molar-refractivity contribution < 1.29 is 14.0 Å². The van der Waals surface area contributed by atoms with Gasteiger partial charge in [0.1, 0.15) is 5.75 Å². The summed E-state index contributed by atoms with van der Waals surface area (Å²) in [4.78, 5) is 11.4. The Labute approximate surface area is 112 Å². The van der Waals surface area contributed by atoms with Gasteiger partial charge in [-0.05, 0) is 37.8 Å². The smallest absolute Gasteiger partial charge is 0.330 e. The summed E-state index contributed by atoms with van der Waals surface area (Å²) >= 11 is 11.6. The molecule has 0 fully saturated rings. The van der Waals surface area contributed by atoms with Crippen molar-refractivity contribution in [3.05, 3.63) is 28.2 Å². The second kappa shape index (κ2) is 5.75. The molecule has 0 aliphatic carbocycles. The maximum Gasteiger partial charge on any atom is 0.330 e. The zero-order chi connectivity index (χ0) is 13.1. The fraction of sp³-hybridized carbons (Fsp3) is 0.364. The number of ether oxygens (including phenoxy) is 1. The van der Waals surface area contributed by atoms with Crippen molar-refractivity contribution in [2.24, 2.45) is 0 Å². The van der Waals surface area contributed by atoms with Gasteiger partial charge < -0.3 is 9.16 Å². The van der Waals surface area contributed by atoms with E-state index in [0.29, 0.717) is 15.8 Å². The summed E-state index contributed by atoms with van der Waals surface area (Å²) < 4.78 is 10.5. The Morgan fingerprint density at radius 3 is 2.47 bits per heavy atom. The lowest BCUT2D eigenvalue weighted by Crippen LogP contribution is -2.31. The quantitative estimate of drug-likeness (QED) is 0.793. The summed E-state index contributed by atoms with van der Waals surface area (Å²) in [6.07, 6.45) is 0. The van der Waals surface area contributed by atoms with E-state index in [1.165, 1.54) is 0 Å². The molecule has 0 aliphatic heterocycles. The third kappa shape index (κ3) is 5.43. The van der Waals surface area contributed by atoms with Crippen LogP contribution in [0.25, 0.3) is 0 Å². The molecular weight excluding hydrogens is 279 g/mol. The third-order valence-electron chi connectivity index (χ3n) is 1.66. The summed E-state index contributed by atoms with van der Waals surface area (Å²) in [5, 5.41) is 0.894. The highest BCUT2D eigenvalue weighted by molar-refractivity contribution is 6.71. The van der Waals surface area contributed by atoms with E-state index in [2.05, 4.69) is 0 Å². The summed E-state index contributed by atoms with van der Waals surface area (Å²) in [6.45, 7) is 5.64. The maximum atomic E-state index is 11.4. The van der Waals surface area contributed by atoms with Crippen LogP contribution in [0.15, 0.2) is 18.2 Å². The summed E-state index contributed by atoms with van der Waals surface area (Å²) in [5.41, 5.74) is 0. The molecule has 3 nitrogen and oxygen atoms in total. The first-order valence-electron chi connectivity index (χ1n) is 5.07. The van der Waals surface area contributed by atoms with Crippen LogP contribution in [0.5, 0.6) is 5.75 Å². The first-order chi connectivity index (χ1) is 7.78. The minimum atomic E-state index is -1.86. The minimum absolute atomic E-state index is 0.147. The number of hydrogen-bond donors (Lipinski definition) is 0. The van der Waals surface area contributed by atoms with Gasteiger partial charge >= 0.3 is 5.97 Å². The number of carbonyl (C=O) groups excluding carboxylic acids is 1. The standard InChI is InChI=1S/C11H14Cl2O3Si/c1-17(2,3)16-11(14)7-15-10-5-4-8(12)6-9(10)13/h4-6H,7H2,1-3H3. The van der Waals surface area contributed by atoms with Gasteiger partial charge in [0.15, 0.2) is 6.61 Å². The molecule has 0 aliphatic rings. The summed E-state index contributed by atoms with van der Waals surface area (Å²) in [7, 11) is -1.86. The molecule has 17 heavy (non-hydrogen) atoms. The molecule has 0 saturated carbocycles. The molecule has 0 radical (unpaired) electrons. The Hall–Kier alpha value is -0.713. The van der Waals surface area contributed by atoms with E-state index in [-0.39, 0.29) is 12.6 Å². The van der Waals surface area contributed by atoms with Crippen molar-refractivity contribution in [2.75, 3.05) is 6.61 Å². The van der Waals surface area contributed by atoms with Crippen molar-refractivity contribution in [1.82, 2.24) is 0 Å². The average Bonchev–Trinajstić information content (AvgIpc) is 2.13. The topological polar surface area (TPSA) is 35.5 Å². The van der Waals surface area contributed by atoms with E-state index in [0.717, 1.165) is 0 Å². The first-order valence-corrected chi connectivity index (χ1v) is 9.24. The third-order valence-corrected chi connectivity index (χ3v) is 3.03. The van der Waals surface area contributed by atoms with Crippen LogP contribution in [-0.2, 0) is 9.22 Å². The largest absolute Gasteiger partial charge is 0.517 e. The molecule has 94 valence electrons. The number of halogens is 2. The lowest BCUT2D eigenvalue weighted by Gasteiger charge is -2.17. The van der Waals surface area contributed by atoms with Gasteiger partial charge in [0.25, 0.3) is 0 Å². The zero-order valence-corrected chi connectivity index (χ0v) is 12.4. The highest BCUT2D eigenvalue weighted by Crippen LogP contribution is 2.27. The summed E-state index contributed by atoms with van der Waals surface area (Å²) in [6, 6.07) is 4.82. The monoisotopic (exact) mass is 292 g/mol. The van der Waals surface area contributed by atoms with Crippen LogP contribution in [0.1, 0.15) is 0 Å². The van der Waals surface area contributed by atoms with Crippen LogP contribution >= 0.6 is 23.2 Å². The molecular formula is C11H14Cl2O3Si. The molecule has 0 saturated heterocycles. The molecule has 0 atom stereocenters. The molecule has 1 aromatic rings. The molecule has 0 N–H and O–H groups in total. The molecule has 0 bridgehead atoms. The predicted molar refractivity (Wildman–Crippen MR) is 71.4 cm³/mol. The van der Waals surface area contributed by atoms with E-state index in [1.807, 2.05) is 19.6 Å². The number of hydrogen-bond acceptors (Lipinski definition) is 3. The van der Waals surface area contributed by atoms with E-state index in [1.54, 1.807) is 18.2 Å². The Morgan fingerprint density at radius 2 is 1.94 bits per heavy atom. The van der Waals surface area contributed by atoms with Crippen molar-refractivity contribution in [3.63, 3.8) is 0 Å². The Bertz CT molecular complexity index is 416. The maximum absolute atomic E-state index is 11.4. The second-order valence-corrected chi connectivity index (χ2v) is 9.72. The number of rotatable bonds is 4. The van der Waals surface area contributed by atoms with Crippen LogP contribution < -0.4 is 4.74 Å². The van der Waals surface area contributed by atoms with E-state index in [4.69, 9.17) is 32.4 Å². The molecule has 0 heterocycles. The average molecular weight is 293 g/mol. The van der Waals surface area contributed by atoms with Crippen molar-refractivity contribution in [2.45, 2.75) is 19.6 Å². The van der Waals surface area contributed by atoms with E-state index < -0.39 is 8.32 Å². The molecule has 6 heteroatoms. The Balaban J connectivity index is 2.53. The highest BCUT2D eigenvalue weighted by atomic mass is 35.5. The Kier molecular flexibility index (Phi) is 4.86. The van der Waals surface area contributed by atoms with Gasteiger partial charge in [-0.3, -0.25) is 0 Å². The Morgan fingerprint density at radius 1 is 1.29 bits per heavy atom. The van der Waals surface area contributed by atoms with Gasteiger partial charge in [0.2, 0.25) is 8.32 Å². The zero-order valence-electron chi connectivity index (χ0n) is 9.92. The normalized spacial score (nSPS) is 11.1. The second-order valence-electron chi connectivity index (χ2n) is 4.45. The van der Waals surface area contributed by atoms with Crippen molar-refractivity contribution >= 4 is 37.5 Å². The van der Waals surface area contributed by atoms with Crippen molar-refractivity contribution in [1.29, 1.82) is 0 Å². The fourth-order valence-electron chi connectivity index (χ4n) is 1.10. The van der Waals surface area contributed by atoms with Gasteiger partial charge in [-0.15, -0.1) is 0 Å². The summed E-state index contributed by atoms with van der Waals surface area (Å²) in [5.74, 6) is 0.0405. The SMILES string of the molecule is C[Si](C)(C)OC(=O)COc1ccc(Cl)cc1Cl. The molecule has 1 rings (SSSR count). The minimum Gasteiger partial charge on any atom is -0.517 e. The van der Waals surface area contributed by atoms with Crippen LogP contribution in [0.4, 0.5) is 0 Å². The van der Waals surface area contributed by atoms with Crippen LogP contribution in [0.3, 0.4) is 0 Å².